The molecule has 1 aromatic heterocycles. The summed E-state index contributed by atoms with van der Waals surface area (Å²) in [5.74, 6) is -0.520. The van der Waals surface area contributed by atoms with E-state index in [1.54, 1.807) is 42.7 Å². The largest absolute Gasteiger partial charge is 0.364 e. The molecule has 0 N–H and O–H groups in total. The molecule has 0 atom stereocenters. The van der Waals surface area contributed by atoms with Crippen LogP contribution in [-0.2, 0) is 16.1 Å². The first kappa shape index (κ1) is 18.7. The molecule has 2 amide bonds. The number of likely N-dealkylation sites (N-methyl/N-ethyl adjacent to an activating group) is 1. The summed E-state index contributed by atoms with van der Waals surface area (Å²) in [7, 11) is 2.06. The SMILES string of the molecule is CN1CCN(C2=C(c3ccc(Cl)cc3)C(=O)N(Cc3cccnc3)C2=O)CC1. The van der Waals surface area contributed by atoms with Crippen LogP contribution in [0, 0.1) is 0 Å². The number of carbonyl (C=O) groups is 2. The molecule has 3 heterocycles. The van der Waals surface area contributed by atoms with Gasteiger partial charge in [0.05, 0.1) is 12.1 Å². The molecule has 2 aromatic rings. The van der Waals surface area contributed by atoms with Crippen molar-refractivity contribution < 1.29 is 9.59 Å². The van der Waals surface area contributed by atoms with Crippen LogP contribution in [0.15, 0.2) is 54.5 Å². The average Bonchev–Trinajstić information content (AvgIpc) is 2.95. The molecule has 2 aliphatic rings. The Labute approximate surface area is 169 Å². The van der Waals surface area contributed by atoms with Crippen LogP contribution in [0.1, 0.15) is 11.1 Å². The van der Waals surface area contributed by atoms with Crippen molar-refractivity contribution in [3.05, 3.63) is 70.6 Å². The fourth-order valence-electron chi connectivity index (χ4n) is 3.58. The average molecular weight is 397 g/mol. The Morgan fingerprint density at radius 2 is 1.71 bits per heavy atom. The van der Waals surface area contributed by atoms with E-state index in [2.05, 4.69) is 16.9 Å². The van der Waals surface area contributed by atoms with E-state index < -0.39 is 0 Å². The Morgan fingerprint density at radius 3 is 2.36 bits per heavy atom. The van der Waals surface area contributed by atoms with Crippen LogP contribution in [0.5, 0.6) is 0 Å². The molecule has 1 fully saturated rings. The van der Waals surface area contributed by atoms with E-state index in [1.807, 2.05) is 11.0 Å². The molecule has 2 aliphatic heterocycles. The number of halogens is 1. The smallest absolute Gasteiger partial charge is 0.278 e. The van der Waals surface area contributed by atoms with Crippen molar-refractivity contribution in [2.24, 2.45) is 0 Å². The van der Waals surface area contributed by atoms with Crippen LogP contribution in [0.2, 0.25) is 5.02 Å². The zero-order valence-electron chi connectivity index (χ0n) is 15.6. The molecular weight excluding hydrogens is 376 g/mol. The summed E-state index contributed by atoms with van der Waals surface area (Å²) in [5, 5.41) is 0.592. The molecule has 0 spiro atoms. The number of aromatic nitrogens is 1. The summed E-state index contributed by atoms with van der Waals surface area (Å²) in [6, 6.07) is 10.7. The Balaban J connectivity index is 1.72. The number of carbonyl (C=O) groups excluding carboxylic acids is 2. The number of amides is 2. The lowest BCUT2D eigenvalue weighted by molar-refractivity contribution is -0.138. The minimum Gasteiger partial charge on any atom is -0.364 e. The quantitative estimate of drug-likeness (QED) is 0.742. The van der Waals surface area contributed by atoms with E-state index in [0.717, 1.165) is 18.7 Å². The van der Waals surface area contributed by atoms with Crippen LogP contribution in [0.3, 0.4) is 0 Å². The predicted octanol–water partition coefficient (Wildman–Crippen LogP) is 2.26. The maximum Gasteiger partial charge on any atom is 0.278 e. The van der Waals surface area contributed by atoms with E-state index in [1.165, 1.54) is 4.90 Å². The van der Waals surface area contributed by atoms with Gasteiger partial charge in [0.2, 0.25) is 0 Å². The second kappa shape index (κ2) is 7.73. The van der Waals surface area contributed by atoms with Crippen molar-refractivity contribution in [3.63, 3.8) is 0 Å². The first-order valence-corrected chi connectivity index (χ1v) is 9.61. The van der Waals surface area contributed by atoms with Gasteiger partial charge in [-0.25, -0.2) is 0 Å². The zero-order chi connectivity index (χ0) is 19.7. The zero-order valence-corrected chi connectivity index (χ0v) is 16.4. The molecule has 28 heavy (non-hydrogen) atoms. The lowest BCUT2D eigenvalue weighted by atomic mass is 10.0. The van der Waals surface area contributed by atoms with Gasteiger partial charge in [-0.3, -0.25) is 19.5 Å². The second-order valence-corrected chi connectivity index (χ2v) is 7.51. The van der Waals surface area contributed by atoms with Crippen molar-refractivity contribution in [3.8, 4) is 0 Å². The summed E-state index contributed by atoms with van der Waals surface area (Å²) in [5.41, 5.74) is 2.48. The highest BCUT2D eigenvalue weighted by Crippen LogP contribution is 2.33. The maximum absolute atomic E-state index is 13.3. The second-order valence-electron chi connectivity index (χ2n) is 7.08. The van der Waals surface area contributed by atoms with Crippen LogP contribution < -0.4 is 0 Å². The number of benzene rings is 1. The summed E-state index contributed by atoms with van der Waals surface area (Å²) < 4.78 is 0. The molecule has 0 aliphatic carbocycles. The highest BCUT2D eigenvalue weighted by atomic mass is 35.5. The molecule has 144 valence electrons. The number of pyridine rings is 1. The number of piperazine rings is 1. The van der Waals surface area contributed by atoms with Gasteiger partial charge in [0.15, 0.2) is 0 Å². The van der Waals surface area contributed by atoms with Crippen molar-refractivity contribution in [1.82, 2.24) is 19.7 Å². The molecule has 4 rings (SSSR count). The third-order valence-corrected chi connectivity index (χ3v) is 5.41. The van der Waals surface area contributed by atoms with Gasteiger partial charge in [-0.1, -0.05) is 29.8 Å². The molecule has 1 aromatic carbocycles. The summed E-state index contributed by atoms with van der Waals surface area (Å²) in [6.07, 6.45) is 3.35. The number of rotatable bonds is 4. The third kappa shape index (κ3) is 3.53. The van der Waals surface area contributed by atoms with Crippen molar-refractivity contribution in [1.29, 1.82) is 0 Å². The molecule has 1 saturated heterocycles. The Morgan fingerprint density at radius 1 is 1.00 bits per heavy atom. The molecular formula is C21H21ClN4O2. The Hall–Kier alpha value is -2.70. The van der Waals surface area contributed by atoms with Crippen LogP contribution >= 0.6 is 11.6 Å². The minimum atomic E-state index is -0.273. The number of hydrogen-bond acceptors (Lipinski definition) is 5. The van der Waals surface area contributed by atoms with Gasteiger partial charge in [0.25, 0.3) is 11.8 Å². The highest BCUT2D eigenvalue weighted by Gasteiger charge is 2.41. The molecule has 0 saturated carbocycles. The highest BCUT2D eigenvalue weighted by molar-refractivity contribution is 6.35. The van der Waals surface area contributed by atoms with Gasteiger partial charge in [-0.2, -0.15) is 0 Å². The van der Waals surface area contributed by atoms with Crippen LogP contribution in [-0.4, -0.2) is 64.7 Å². The normalized spacial score (nSPS) is 18.4. The fraction of sp³-hybridized carbons (Fsp3) is 0.286. The van der Waals surface area contributed by atoms with Crippen molar-refractivity contribution in [2.75, 3.05) is 33.2 Å². The lowest BCUT2D eigenvalue weighted by Crippen LogP contribution is -2.46. The molecule has 7 heteroatoms. The Kier molecular flexibility index (Phi) is 5.15. The topological polar surface area (TPSA) is 56.8 Å². The van der Waals surface area contributed by atoms with Crippen LogP contribution in [0.4, 0.5) is 0 Å². The van der Waals surface area contributed by atoms with Gasteiger partial charge >= 0.3 is 0 Å². The molecule has 0 radical (unpaired) electrons. The predicted molar refractivity (Wildman–Crippen MR) is 107 cm³/mol. The van der Waals surface area contributed by atoms with E-state index in [0.29, 0.717) is 34.9 Å². The summed E-state index contributed by atoms with van der Waals surface area (Å²) in [6.45, 7) is 3.33. The standard InChI is InChI=1S/C21H21ClN4O2/c1-24-9-11-25(12-10-24)19-18(16-4-6-17(22)7-5-16)20(27)26(21(19)28)14-15-3-2-8-23-13-15/h2-8,13H,9-12,14H2,1H3. The van der Waals surface area contributed by atoms with E-state index >= 15 is 0 Å². The van der Waals surface area contributed by atoms with Gasteiger partial charge in [0, 0.05) is 43.6 Å². The van der Waals surface area contributed by atoms with Crippen molar-refractivity contribution in [2.45, 2.75) is 6.54 Å². The molecule has 6 nitrogen and oxygen atoms in total. The van der Waals surface area contributed by atoms with Gasteiger partial charge in [0.1, 0.15) is 5.70 Å². The Bertz CT molecular complexity index is 919. The lowest BCUT2D eigenvalue weighted by Gasteiger charge is -2.34. The van der Waals surface area contributed by atoms with E-state index in [9.17, 15) is 9.59 Å². The monoisotopic (exact) mass is 396 g/mol. The summed E-state index contributed by atoms with van der Waals surface area (Å²) in [4.78, 5) is 36.2. The minimum absolute atomic E-state index is 0.208. The van der Waals surface area contributed by atoms with E-state index in [4.69, 9.17) is 11.6 Å². The van der Waals surface area contributed by atoms with Crippen molar-refractivity contribution >= 4 is 29.0 Å². The third-order valence-electron chi connectivity index (χ3n) is 5.16. The first-order valence-electron chi connectivity index (χ1n) is 9.23. The fourth-order valence-corrected chi connectivity index (χ4v) is 3.71. The molecule has 0 unspecified atom stereocenters. The van der Waals surface area contributed by atoms with Crippen LogP contribution in [0.25, 0.3) is 5.57 Å². The maximum atomic E-state index is 13.3. The number of hydrogen-bond donors (Lipinski definition) is 0. The van der Waals surface area contributed by atoms with E-state index in [-0.39, 0.29) is 18.4 Å². The number of imide groups is 1. The van der Waals surface area contributed by atoms with Gasteiger partial charge in [-0.05, 0) is 36.4 Å². The first-order chi connectivity index (χ1) is 13.5. The number of nitrogens with zero attached hydrogens (tertiary/aromatic N) is 4. The van der Waals surface area contributed by atoms with Gasteiger partial charge in [-0.15, -0.1) is 0 Å². The van der Waals surface area contributed by atoms with Gasteiger partial charge < -0.3 is 9.80 Å². The summed E-state index contributed by atoms with van der Waals surface area (Å²) >= 11 is 6.02. The molecule has 0 bridgehead atoms.